The van der Waals surface area contributed by atoms with Crippen molar-refractivity contribution in [2.24, 2.45) is 0 Å². The van der Waals surface area contributed by atoms with Crippen LogP contribution >= 0.6 is 11.6 Å². The molecule has 1 unspecified atom stereocenters. The SMILES string of the molecule is CCC1CNC(=O)c2ccc(Nc3nc(Cl)ncc3F)cc21. The lowest BCUT2D eigenvalue weighted by Crippen LogP contribution is -2.34. The number of benzene rings is 1. The summed E-state index contributed by atoms with van der Waals surface area (Å²) in [6, 6.07) is 5.30. The van der Waals surface area contributed by atoms with Gasteiger partial charge in [-0.15, -0.1) is 0 Å². The molecule has 3 rings (SSSR count). The van der Waals surface area contributed by atoms with Crippen molar-refractivity contribution in [3.05, 3.63) is 46.6 Å². The molecule has 0 aliphatic carbocycles. The van der Waals surface area contributed by atoms with Crippen molar-refractivity contribution < 1.29 is 9.18 Å². The van der Waals surface area contributed by atoms with E-state index < -0.39 is 5.82 Å². The third-order valence-corrected chi connectivity index (χ3v) is 3.90. The molecule has 114 valence electrons. The predicted molar refractivity (Wildman–Crippen MR) is 82.1 cm³/mol. The Balaban J connectivity index is 1.96. The van der Waals surface area contributed by atoms with Crippen LogP contribution in [0, 0.1) is 5.82 Å². The van der Waals surface area contributed by atoms with E-state index in [-0.39, 0.29) is 22.9 Å². The molecule has 2 heterocycles. The lowest BCUT2D eigenvalue weighted by Gasteiger charge is -2.25. The van der Waals surface area contributed by atoms with Gasteiger partial charge in [0.1, 0.15) is 0 Å². The number of anilines is 2. The maximum absolute atomic E-state index is 13.7. The van der Waals surface area contributed by atoms with Gasteiger partial charge in [-0.3, -0.25) is 4.79 Å². The Morgan fingerprint density at radius 2 is 2.32 bits per heavy atom. The molecular weight excluding hydrogens is 307 g/mol. The van der Waals surface area contributed by atoms with Crippen molar-refractivity contribution in [3.8, 4) is 0 Å². The molecule has 2 aromatic rings. The molecule has 0 bridgehead atoms. The summed E-state index contributed by atoms with van der Waals surface area (Å²) in [4.78, 5) is 19.3. The summed E-state index contributed by atoms with van der Waals surface area (Å²) in [5.41, 5.74) is 2.27. The average Bonchev–Trinajstić information content (AvgIpc) is 2.51. The fourth-order valence-corrected chi connectivity index (χ4v) is 2.67. The summed E-state index contributed by atoms with van der Waals surface area (Å²) >= 11 is 5.68. The lowest BCUT2D eigenvalue weighted by atomic mass is 9.88. The van der Waals surface area contributed by atoms with Gasteiger partial charge >= 0.3 is 0 Å². The summed E-state index contributed by atoms with van der Waals surface area (Å²) in [6.45, 7) is 2.68. The van der Waals surface area contributed by atoms with E-state index in [0.717, 1.165) is 18.2 Å². The highest BCUT2D eigenvalue weighted by Gasteiger charge is 2.24. The molecule has 1 aliphatic rings. The van der Waals surface area contributed by atoms with Gasteiger partial charge in [-0.1, -0.05) is 6.92 Å². The third kappa shape index (κ3) is 2.74. The fourth-order valence-electron chi connectivity index (χ4n) is 2.54. The van der Waals surface area contributed by atoms with Crippen LogP contribution in [0.1, 0.15) is 35.2 Å². The number of fused-ring (bicyclic) bond motifs is 1. The Labute approximate surface area is 131 Å². The molecule has 2 N–H and O–H groups in total. The van der Waals surface area contributed by atoms with Crippen LogP contribution in [0.25, 0.3) is 0 Å². The van der Waals surface area contributed by atoms with Crippen molar-refractivity contribution in [3.63, 3.8) is 0 Å². The number of halogens is 2. The summed E-state index contributed by atoms with van der Waals surface area (Å²) in [5.74, 6) is -0.420. The molecule has 0 saturated carbocycles. The van der Waals surface area contributed by atoms with Gasteiger partial charge in [-0.05, 0) is 41.8 Å². The summed E-state index contributed by atoms with van der Waals surface area (Å²) in [6.07, 6.45) is 1.92. The van der Waals surface area contributed by atoms with Crippen LogP contribution in [0.4, 0.5) is 15.9 Å². The number of nitrogens with one attached hydrogen (secondary N) is 2. The highest BCUT2D eigenvalue weighted by Crippen LogP contribution is 2.30. The van der Waals surface area contributed by atoms with Crippen LogP contribution in [0.2, 0.25) is 5.28 Å². The van der Waals surface area contributed by atoms with E-state index in [4.69, 9.17) is 11.6 Å². The van der Waals surface area contributed by atoms with Gasteiger partial charge in [0.15, 0.2) is 11.6 Å². The minimum Gasteiger partial charge on any atom is -0.351 e. The second kappa shape index (κ2) is 5.88. The second-order valence-electron chi connectivity index (χ2n) is 5.08. The number of hydrogen-bond acceptors (Lipinski definition) is 4. The molecule has 22 heavy (non-hydrogen) atoms. The van der Waals surface area contributed by atoms with E-state index in [2.05, 4.69) is 27.5 Å². The van der Waals surface area contributed by atoms with Crippen LogP contribution in [0.3, 0.4) is 0 Å². The molecule has 1 aliphatic heterocycles. The van der Waals surface area contributed by atoms with Gasteiger partial charge in [0.25, 0.3) is 5.91 Å². The van der Waals surface area contributed by atoms with Crippen molar-refractivity contribution in [2.75, 3.05) is 11.9 Å². The fraction of sp³-hybridized carbons (Fsp3) is 0.267. The zero-order chi connectivity index (χ0) is 15.7. The third-order valence-electron chi connectivity index (χ3n) is 3.72. The number of carbonyl (C=O) groups is 1. The van der Waals surface area contributed by atoms with E-state index in [1.165, 1.54) is 0 Å². The Bertz CT molecular complexity index is 737. The molecule has 1 amide bonds. The predicted octanol–water partition coefficient (Wildman–Crippen LogP) is 3.25. The Morgan fingerprint density at radius 3 is 3.09 bits per heavy atom. The molecule has 0 spiro atoms. The molecule has 0 fully saturated rings. The van der Waals surface area contributed by atoms with Gasteiger partial charge in [0.05, 0.1) is 6.20 Å². The van der Waals surface area contributed by atoms with Gasteiger partial charge in [-0.2, -0.15) is 4.98 Å². The standard InChI is InChI=1S/C15H14ClFN4O/c1-2-8-6-18-14(22)10-4-3-9(5-11(8)10)20-13-12(17)7-19-15(16)21-13/h3-5,7-8H,2,6H2,1H3,(H,18,22)(H,19,20,21). The Hall–Kier alpha value is -2.21. The number of rotatable bonds is 3. The number of carbonyl (C=O) groups excluding carboxylic acids is 1. The van der Waals surface area contributed by atoms with Crippen molar-refractivity contribution in [1.82, 2.24) is 15.3 Å². The lowest BCUT2D eigenvalue weighted by molar-refractivity contribution is 0.0940. The topological polar surface area (TPSA) is 66.9 Å². The molecule has 0 radical (unpaired) electrons. The normalized spacial score (nSPS) is 16.9. The van der Waals surface area contributed by atoms with Crippen LogP contribution in [-0.2, 0) is 0 Å². The zero-order valence-electron chi connectivity index (χ0n) is 11.9. The maximum Gasteiger partial charge on any atom is 0.251 e. The first-order valence-corrected chi connectivity index (χ1v) is 7.33. The van der Waals surface area contributed by atoms with Crippen LogP contribution in [0.15, 0.2) is 24.4 Å². The zero-order valence-corrected chi connectivity index (χ0v) is 12.6. The Morgan fingerprint density at radius 1 is 1.50 bits per heavy atom. The number of nitrogens with zero attached hydrogens (tertiary/aromatic N) is 2. The smallest absolute Gasteiger partial charge is 0.251 e. The minimum atomic E-state index is -0.591. The minimum absolute atomic E-state index is 0.00765. The van der Waals surface area contributed by atoms with Gasteiger partial charge in [0, 0.05) is 23.7 Å². The van der Waals surface area contributed by atoms with Crippen LogP contribution in [-0.4, -0.2) is 22.4 Å². The van der Waals surface area contributed by atoms with Crippen molar-refractivity contribution in [1.29, 1.82) is 0 Å². The molecule has 5 nitrogen and oxygen atoms in total. The largest absolute Gasteiger partial charge is 0.351 e. The van der Waals surface area contributed by atoms with Gasteiger partial charge < -0.3 is 10.6 Å². The number of aromatic nitrogens is 2. The van der Waals surface area contributed by atoms with Crippen molar-refractivity contribution >= 4 is 29.0 Å². The molecule has 0 saturated heterocycles. The van der Waals surface area contributed by atoms with Gasteiger partial charge in [-0.25, -0.2) is 9.37 Å². The van der Waals surface area contributed by atoms with Crippen molar-refractivity contribution in [2.45, 2.75) is 19.3 Å². The molecule has 1 atom stereocenters. The quantitative estimate of drug-likeness (QED) is 0.852. The van der Waals surface area contributed by atoms with E-state index in [9.17, 15) is 9.18 Å². The van der Waals surface area contributed by atoms with E-state index in [1.54, 1.807) is 12.1 Å². The van der Waals surface area contributed by atoms with Crippen LogP contribution < -0.4 is 10.6 Å². The number of hydrogen-bond donors (Lipinski definition) is 2. The number of amides is 1. The first kappa shape index (κ1) is 14.7. The van der Waals surface area contributed by atoms with Crippen LogP contribution in [0.5, 0.6) is 0 Å². The molecule has 1 aromatic carbocycles. The van der Waals surface area contributed by atoms with Gasteiger partial charge in [0.2, 0.25) is 5.28 Å². The molecule has 7 heteroatoms. The highest BCUT2D eigenvalue weighted by molar-refractivity contribution is 6.28. The first-order valence-electron chi connectivity index (χ1n) is 6.95. The first-order chi connectivity index (χ1) is 10.6. The van der Waals surface area contributed by atoms with E-state index in [1.807, 2.05) is 6.07 Å². The Kier molecular flexibility index (Phi) is 3.94. The molecule has 1 aromatic heterocycles. The highest BCUT2D eigenvalue weighted by atomic mass is 35.5. The second-order valence-corrected chi connectivity index (χ2v) is 5.42. The maximum atomic E-state index is 13.7. The summed E-state index contributed by atoms with van der Waals surface area (Å²) in [5, 5.41) is 5.71. The van der Waals surface area contributed by atoms with E-state index >= 15 is 0 Å². The molecular formula is C15H14ClFN4O. The van der Waals surface area contributed by atoms with E-state index in [0.29, 0.717) is 17.8 Å². The summed E-state index contributed by atoms with van der Waals surface area (Å²) < 4.78 is 13.7. The summed E-state index contributed by atoms with van der Waals surface area (Å²) in [7, 11) is 0. The average molecular weight is 321 g/mol. The monoisotopic (exact) mass is 320 g/mol.